The Kier molecular flexibility index (Phi) is 64.3. The van der Waals surface area contributed by atoms with E-state index in [4.69, 9.17) is 14.2 Å². The number of carbonyl (C=O) groups is 3. The lowest BCUT2D eigenvalue weighted by atomic mass is 10.0. The van der Waals surface area contributed by atoms with E-state index in [-0.39, 0.29) is 31.1 Å². The molecule has 0 aliphatic carbocycles. The fraction of sp³-hybridized carbons (Fsp3) is 0.667. The molecule has 0 fully saturated rings. The predicted octanol–water partition coefficient (Wildman–Crippen LogP) is 23.3. The fourth-order valence-electron chi connectivity index (χ4n) is 9.13. The van der Waals surface area contributed by atoms with Crippen molar-refractivity contribution >= 4 is 17.9 Å². The lowest BCUT2D eigenvalue weighted by Crippen LogP contribution is -2.30. The molecule has 81 heavy (non-hydrogen) atoms. The van der Waals surface area contributed by atoms with Gasteiger partial charge in [0.1, 0.15) is 13.2 Å². The molecule has 0 aliphatic rings. The second-order valence-corrected chi connectivity index (χ2v) is 22.0. The molecule has 0 saturated carbocycles. The van der Waals surface area contributed by atoms with Crippen LogP contribution in [-0.2, 0) is 28.6 Å². The number of hydrogen-bond donors (Lipinski definition) is 0. The standard InChI is InChI=1S/C75H124O6/c1-4-7-10-13-16-19-22-24-26-28-30-32-34-36-37-39-40-42-44-46-48-50-53-56-59-62-65-68-74(77)80-71-72(70-79-73(76)67-64-61-58-55-52-21-18-15-12-9-6-3)81-75(78)69-66-63-60-57-54-51-49-47-45-43-41-38-35-33-31-29-27-25-23-20-17-14-11-8-5-2/h7-8,10-11,15-20,24-27,30-33,36-37,40,42,72H,4-6,9,12-14,21-23,28-29,34-35,38-39,41,43-71H2,1-3H3/b10-7-,11-8-,18-15-,19-16-,20-17-,26-24-,27-25-,32-30-,33-31-,37-36-,42-40-. The summed E-state index contributed by atoms with van der Waals surface area (Å²) in [7, 11) is 0. The minimum atomic E-state index is -0.791. The van der Waals surface area contributed by atoms with Crippen LogP contribution in [0.4, 0.5) is 0 Å². The Morgan fingerprint density at radius 3 is 0.765 bits per heavy atom. The summed E-state index contributed by atoms with van der Waals surface area (Å²) in [5, 5.41) is 0. The lowest BCUT2D eigenvalue weighted by Gasteiger charge is -2.18. The highest BCUT2D eigenvalue weighted by Crippen LogP contribution is 2.16. The molecule has 6 nitrogen and oxygen atoms in total. The first kappa shape index (κ1) is 76.5. The molecule has 6 heteroatoms. The van der Waals surface area contributed by atoms with Gasteiger partial charge in [0.25, 0.3) is 0 Å². The molecule has 0 aromatic carbocycles. The third-order valence-electron chi connectivity index (χ3n) is 14.1. The summed E-state index contributed by atoms with van der Waals surface area (Å²) < 4.78 is 16.9. The van der Waals surface area contributed by atoms with Crippen molar-refractivity contribution in [1.29, 1.82) is 0 Å². The zero-order valence-electron chi connectivity index (χ0n) is 52.8. The Labute approximate surface area is 500 Å². The molecule has 0 bridgehead atoms. The molecule has 0 amide bonds. The largest absolute Gasteiger partial charge is 0.462 e. The first-order valence-corrected chi connectivity index (χ1v) is 33.7. The van der Waals surface area contributed by atoms with E-state index in [0.29, 0.717) is 19.3 Å². The van der Waals surface area contributed by atoms with Gasteiger partial charge in [-0.25, -0.2) is 0 Å². The smallest absolute Gasteiger partial charge is 0.306 e. The quantitative estimate of drug-likeness (QED) is 0.0261. The van der Waals surface area contributed by atoms with Gasteiger partial charge in [-0.15, -0.1) is 0 Å². The highest BCUT2D eigenvalue weighted by atomic mass is 16.6. The minimum Gasteiger partial charge on any atom is -0.462 e. The van der Waals surface area contributed by atoms with Crippen molar-refractivity contribution in [2.75, 3.05) is 13.2 Å². The van der Waals surface area contributed by atoms with Gasteiger partial charge in [0, 0.05) is 19.3 Å². The third kappa shape index (κ3) is 66.2. The van der Waals surface area contributed by atoms with Crippen molar-refractivity contribution in [1.82, 2.24) is 0 Å². The molecule has 0 heterocycles. The summed E-state index contributed by atoms with van der Waals surface area (Å²) in [5.74, 6) is -0.902. The number of unbranched alkanes of at least 4 members (excludes halogenated alkanes) is 27. The summed E-state index contributed by atoms with van der Waals surface area (Å²) >= 11 is 0. The normalized spacial score (nSPS) is 13.0. The first-order valence-electron chi connectivity index (χ1n) is 33.7. The molecule has 0 saturated heterocycles. The van der Waals surface area contributed by atoms with Crippen LogP contribution in [0.1, 0.15) is 303 Å². The van der Waals surface area contributed by atoms with Crippen LogP contribution in [0, 0.1) is 0 Å². The number of hydrogen-bond acceptors (Lipinski definition) is 6. The topological polar surface area (TPSA) is 78.9 Å². The SMILES string of the molecule is CC/C=C\C/C=C\C/C=C\C/C=C\C/C=C\C/C=C\CCCCCCCCCCC(=O)OCC(COC(=O)CCCCCCC/C=C\CCCC)OC(=O)CCCCCCCCCCCCCC/C=C\C/C=C\C/C=C\C/C=C\CC. The van der Waals surface area contributed by atoms with Crippen molar-refractivity contribution in [3.63, 3.8) is 0 Å². The number of rotatable bonds is 60. The summed E-state index contributed by atoms with van der Waals surface area (Å²) in [6.45, 7) is 6.38. The number of esters is 3. The summed E-state index contributed by atoms with van der Waals surface area (Å²) in [6, 6.07) is 0. The number of allylic oxidation sites excluding steroid dienone is 22. The van der Waals surface area contributed by atoms with E-state index in [1.165, 1.54) is 128 Å². The Balaban J connectivity index is 4.29. The summed E-state index contributed by atoms with van der Waals surface area (Å²) in [6.07, 6.45) is 96.1. The van der Waals surface area contributed by atoms with Gasteiger partial charge < -0.3 is 14.2 Å². The van der Waals surface area contributed by atoms with E-state index < -0.39 is 6.10 Å². The zero-order valence-corrected chi connectivity index (χ0v) is 52.8. The van der Waals surface area contributed by atoms with Crippen molar-refractivity contribution in [3.8, 4) is 0 Å². The van der Waals surface area contributed by atoms with Crippen molar-refractivity contribution in [2.24, 2.45) is 0 Å². The van der Waals surface area contributed by atoms with Crippen LogP contribution in [0.25, 0.3) is 0 Å². The maximum Gasteiger partial charge on any atom is 0.306 e. The van der Waals surface area contributed by atoms with Gasteiger partial charge in [-0.2, -0.15) is 0 Å². The molecule has 0 spiro atoms. The third-order valence-corrected chi connectivity index (χ3v) is 14.1. The number of carbonyl (C=O) groups excluding carboxylic acids is 3. The Bertz CT molecular complexity index is 1720. The maximum absolute atomic E-state index is 12.9. The van der Waals surface area contributed by atoms with Crippen LogP contribution in [0.2, 0.25) is 0 Å². The number of ether oxygens (including phenoxy) is 3. The predicted molar refractivity (Wildman–Crippen MR) is 353 cm³/mol. The molecule has 0 N–H and O–H groups in total. The van der Waals surface area contributed by atoms with Gasteiger partial charge in [0.05, 0.1) is 0 Å². The van der Waals surface area contributed by atoms with Crippen LogP contribution < -0.4 is 0 Å². The molecule has 0 radical (unpaired) electrons. The van der Waals surface area contributed by atoms with Gasteiger partial charge in [0.15, 0.2) is 6.10 Å². The van der Waals surface area contributed by atoms with Gasteiger partial charge in [-0.1, -0.05) is 289 Å². The molecule has 0 aliphatic heterocycles. The molecule has 460 valence electrons. The molecular formula is C75H124O6. The van der Waals surface area contributed by atoms with Crippen molar-refractivity contribution in [2.45, 2.75) is 309 Å². The van der Waals surface area contributed by atoms with E-state index in [1.54, 1.807) is 0 Å². The van der Waals surface area contributed by atoms with Gasteiger partial charge in [0.2, 0.25) is 0 Å². The highest BCUT2D eigenvalue weighted by molar-refractivity contribution is 5.71. The maximum atomic E-state index is 12.9. The molecular weight excluding hydrogens is 997 g/mol. The monoisotopic (exact) mass is 1120 g/mol. The van der Waals surface area contributed by atoms with E-state index in [1.807, 2.05) is 0 Å². The highest BCUT2D eigenvalue weighted by Gasteiger charge is 2.19. The van der Waals surface area contributed by atoms with Gasteiger partial charge in [-0.05, 0) is 128 Å². The summed E-state index contributed by atoms with van der Waals surface area (Å²) in [5.41, 5.74) is 0. The Morgan fingerprint density at radius 1 is 0.259 bits per heavy atom. The van der Waals surface area contributed by atoms with E-state index >= 15 is 0 Å². The van der Waals surface area contributed by atoms with E-state index in [0.717, 1.165) is 135 Å². The molecule has 0 aromatic heterocycles. The van der Waals surface area contributed by atoms with Crippen LogP contribution in [0.15, 0.2) is 134 Å². The van der Waals surface area contributed by atoms with Gasteiger partial charge in [-0.3, -0.25) is 14.4 Å². The Hall–Kier alpha value is -4.45. The molecule has 1 atom stereocenters. The first-order chi connectivity index (χ1) is 40.0. The van der Waals surface area contributed by atoms with E-state index in [2.05, 4.69) is 154 Å². The molecule has 0 aromatic rings. The second-order valence-electron chi connectivity index (χ2n) is 22.0. The van der Waals surface area contributed by atoms with Crippen molar-refractivity contribution in [3.05, 3.63) is 134 Å². The Morgan fingerprint density at radius 2 is 0.481 bits per heavy atom. The molecule has 0 rings (SSSR count). The fourth-order valence-corrected chi connectivity index (χ4v) is 9.13. The van der Waals surface area contributed by atoms with Crippen LogP contribution in [-0.4, -0.2) is 37.2 Å². The minimum absolute atomic E-state index is 0.0877. The summed E-state index contributed by atoms with van der Waals surface area (Å²) in [4.78, 5) is 38.3. The van der Waals surface area contributed by atoms with Crippen LogP contribution in [0.5, 0.6) is 0 Å². The van der Waals surface area contributed by atoms with Crippen molar-refractivity contribution < 1.29 is 28.6 Å². The van der Waals surface area contributed by atoms with Crippen LogP contribution in [0.3, 0.4) is 0 Å². The van der Waals surface area contributed by atoms with Gasteiger partial charge >= 0.3 is 17.9 Å². The second kappa shape index (κ2) is 68.1. The average Bonchev–Trinajstić information content (AvgIpc) is 3.47. The average molecular weight is 1120 g/mol. The van der Waals surface area contributed by atoms with E-state index in [9.17, 15) is 14.4 Å². The zero-order chi connectivity index (χ0) is 58.5. The lowest BCUT2D eigenvalue weighted by molar-refractivity contribution is -0.167. The molecule has 1 unspecified atom stereocenters. The van der Waals surface area contributed by atoms with Crippen LogP contribution >= 0.6 is 0 Å².